The second kappa shape index (κ2) is 5.59. The molecule has 0 amide bonds. The van der Waals surface area contributed by atoms with Gasteiger partial charge in [-0.2, -0.15) is 20.1 Å². The van der Waals surface area contributed by atoms with Crippen molar-refractivity contribution in [1.82, 2.24) is 24.7 Å². The van der Waals surface area contributed by atoms with Crippen LogP contribution in [0.4, 0.5) is 11.9 Å². The Morgan fingerprint density at radius 3 is 2.84 bits per heavy atom. The van der Waals surface area contributed by atoms with Gasteiger partial charge in [-0.15, -0.1) is 0 Å². The number of likely N-dealkylation sites (N-methyl/N-ethyl adjacent to an activating group) is 1. The van der Waals surface area contributed by atoms with Gasteiger partial charge in [0, 0.05) is 19.4 Å². The summed E-state index contributed by atoms with van der Waals surface area (Å²) >= 11 is 0. The van der Waals surface area contributed by atoms with Crippen molar-refractivity contribution in [3.8, 4) is 5.95 Å². The lowest BCUT2D eigenvalue weighted by Crippen LogP contribution is -2.34. The summed E-state index contributed by atoms with van der Waals surface area (Å²) in [5.41, 5.74) is 2.39. The molecule has 0 saturated heterocycles. The molecular formula is C10H16N8O. The van der Waals surface area contributed by atoms with Gasteiger partial charge in [0.05, 0.1) is 12.6 Å². The molecule has 0 aliphatic rings. The van der Waals surface area contributed by atoms with E-state index in [1.165, 1.54) is 4.68 Å². The van der Waals surface area contributed by atoms with Crippen LogP contribution in [0.25, 0.3) is 5.95 Å². The number of aliphatic hydroxyl groups is 1. The summed E-state index contributed by atoms with van der Waals surface area (Å²) in [7, 11) is 1.78. The third-order valence-corrected chi connectivity index (χ3v) is 2.69. The van der Waals surface area contributed by atoms with Crippen molar-refractivity contribution in [3.63, 3.8) is 0 Å². The summed E-state index contributed by atoms with van der Waals surface area (Å²) in [6, 6.07) is 1.64. The number of hydrazine groups is 1. The number of hydrogen-bond acceptors (Lipinski definition) is 8. The largest absolute Gasteiger partial charge is 0.394 e. The Morgan fingerprint density at radius 2 is 2.26 bits per heavy atom. The van der Waals surface area contributed by atoms with Crippen molar-refractivity contribution >= 4 is 11.9 Å². The first-order valence-electron chi connectivity index (χ1n) is 5.72. The van der Waals surface area contributed by atoms with E-state index >= 15 is 0 Å². The average Bonchev–Trinajstić information content (AvgIpc) is 2.99. The molecule has 0 spiro atoms. The normalized spacial score (nSPS) is 12.2. The van der Waals surface area contributed by atoms with E-state index in [4.69, 9.17) is 5.84 Å². The monoisotopic (exact) mass is 264 g/mol. The molecule has 1 unspecified atom stereocenters. The van der Waals surface area contributed by atoms with E-state index in [1.807, 2.05) is 6.92 Å². The minimum Gasteiger partial charge on any atom is -0.394 e. The zero-order valence-electron chi connectivity index (χ0n) is 10.7. The van der Waals surface area contributed by atoms with E-state index in [1.54, 1.807) is 30.4 Å². The molecule has 0 aliphatic carbocycles. The first-order valence-corrected chi connectivity index (χ1v) is 5.72. The smallest absolute Gasteiger partial charge is 0.257 e. The van der Waals surface area contributed by atoms with Crippen LogP contribution in [0.3, 0.4) is 0 Å². The van der Waals surface area contributed by atoms with Crippen LogP contribution in [-0.2, 0) is 0 Å². The Balaban J connectivity index is 2.42. The summed E-state index contributed by atoms with van der Waals surface area (Å²) in [6.45, 7) is 1.84. The molecule has 102 valence electrons. The Labute approximate surface area is 110 Å². The van der Waals surface area contributed by atoms with Crippen LogP contribution >= 0.6 is 0 Å². The maximum absolute atomic E-state index is 9.18. The molecular weight excluding hydrogens is 248 g/mol. The molecule has 9 nitrogen and oxygen atoms in total. The van der Waals surface area contributed by atoms with Crippen molar-refractivity contribution in [2.75, 3.05) is 24.0 Å². The quantitative estimate of drug-likeness (QED) is 0.472. The third kappa shape index (κ3) is 2.77. The highest BCUT2D eigenvalue weighted by Crippen LogP contribution is 2.13. The van der Waals surface area contributed by atoms with E-state index in [9.17, 15) is 5.11 Å². The van der Waals surface area contributed by atoms with Gasteiger partial charge in [0.1, 0.15) is 0 Å². The van der Waals surface area contributed by atoms with Crippen LogP contribution in [-0.4, -0.2) is 49.5 Å². The standard InChI is InChI=1S/C10H16N8O/c1-7(6-19)17(2)9-13-8(16-11)14-10(15-9)18-5-3-4-12-18/h3-5,7,19H,6,11H2,1-2H3,(H,13,14,15,16). The van der Waals surface area contributed by atoms with Gasteiger partial charge in [0.2, 0.25) is 11.9 Å². The van der Waals surface area contributed by atoms with E-state index in [0.29, 0.717) is 11.9 Å². The minimum atomic E-state index is -0.126. The van der Waals surface area contributed by atoms with Gasteiger partial charge in [-0.25, -0.2) is 10.5 Å². The Hall–Kier alpha value is -2.26. The first kappa shape index (κ1) is 13.2. The molecule has 0 saturated carbocycles. The molecule has 2 aromatic heterocycles. The topological polar surface area (TPSA) is 118 Å². The van der Waals surface area contributed by atoms with Gasteiger partial charge in [-0.1, -0.05) is 0 Å². The molecule has 2 aromatic rings. The third-order valence-electron chi connectivity index (χ3n) is 2.69. The van der Waals surface area contributed by atoms with E-state index in [0.717, 1.165) is 0 Å². The fourth-order valence-electron chi connectivity index (χ4n) is 1.39. The molecule has 4 N–H and O–H groups in total. The number of aromatic nitrogens is 5. The predicted molar refractivity (Wildman–Crippen MR) is 69.7 cm³/mol. The fourth-order valence-corrected chi connectivity index (χ4v) is 1.39. The van der Waals surface area contributed by atoms with Gasteiger partial charge < -0.3 is 10.0 Å². The lowest BCUT2D eigenvalue weighted by Gasteiger charge is -2.23. The number of nitrogen functional groups attached to an aromatic ring is 1. The van der Waals surface area contributed by atoms with E-state index < -0.39 is 0 Å². The fraction of sp³-hybridized carbons (Fsp3) is 0.400. The molecule has 19 heavy (non-hydrogen) atoms. The van der Waals surface area contributed by atoms with Crippen LogP contribution in [0.5, 0.6) is 0 Å². The van der Waals surface area contributed by atoms with Crippen molar-refractivity contribution in [1.29, 1.82) is 0 Å². The summed E-state index contributed by atoms with van der Waals surface area (Å²) in [6.07, 6.45) is 3.34. The highest BCUT2D eigenvalue weighted by Gasteiger charge is 2.15. The van der Waals surface area contributed by atoms with Crippen LogP contribution in [0.1, 0.15) is 6.92 Å². The molecule has 0 aliphatic heterocycles. The van der Waals surface area contributed by atoms with Crippen molar-refractivity contribution in [2.45, 2.75) is 13.0 Å². The molecule has 2 rings (SSSR count). The zero-order chi connectivity index (χ0) is 13.8. The number of nitrogens with two attached hydrogens (primary N) is 1. The number of anilines is 2. The predicted octanol–water partition coefficient (Wildman–Crippen LogP) is -0.840. The van der Waals surface area contributed by atoms with Crippen LogP contribution in [0, 0.1) is 0 Å². The van der Waals surface area contributed by atoms with Crippen LogP contribution < -0.4 is 16.2 Å². The zero-order valence-corrected chi connectivity index (χ0v) is 10.7. The maximum Gasteiger partial charge on any atom is 0.257 e. The SMILES string of the molecule is CC(CO)N(C)c1nc(NN)nc(-n2cccn2)n1. The van der Waals surface area contributed by atoms with Crippen molar-refractivity contribution in [2.24, 2.45) is 5.84 Å². The van der Waals surface area contributed by atoms with Gasteiger partial charge in [0.25, 0.3) is 5.95 Å². The maximum atomic E-state index is 9.18. The number of nitrogens with zero attached hydrogens (tertiary/aromatic N) is 6. The van der Waals surface area contributed by atoms with Gasteiger partial charge in [-0.05, 0) is 13.0 Å². The minimum absolute atomic E-state index is 0.00925. The Morgan fingerprint density at radius 1 is 1.47 bits per heavy atom. The number of nitrogens with one attached hydrogen (secondary N) is 1. The molecule has 1 atom stereocenters. The summed E-state index contributed by atoms with van der Waals surface area (Å²) in [5, 5.41) is 13.2. The van der Waals surface area contributed by atoms with E-state index in [2.05, 4.69) is 25.5 Å². The average molecular weight is 264 g/mol. The van der Waals surface area contributed by atoms with Crippen LogP contribution in [0.15, 0.2) is 18.5 Å². The highest BCUT2D eigenvalue weighted by molar-refractivity contribution is 5.39. The molecule has 0 fully saturated rings. The van der Waals surface area contributed by atoms with Crippen molar-refractivity contribution < 1.29 is 5.11 Å². The van der Waals surface area contributed by atoms with Gasteiger partial charge in [0.15, 0.2) is 0 Å². The highest BCUT2D eigenvalue weighted by atomic mass is 16.3. The summed E-state index contributed by atoms with van der Waals surface area (Å²) in [4.78, 5) is 14.3. The van der Waals surface area contributed by atoms with Gasteiger partial charge in [-0.3, -0.25) is 5.43 Å². The van der Waals surface area contributed by atoms with Gasteiger partial charge >= 0.3 is 0 Å². The number of aliphatic hydroxyl groups excluding tert-OH is 1. The first-order chi connectivity index (χ1) is 9.15. The number of rotatable bonds is 5. The second-order valence-electron chi connectivity index (χ2n) is 4.00. The number of hydrogen-bond donors (Lipinski definition) is 3. The Bertz CT molecular complexity index is 528. The van der Waals surface area contributed by atoms with Crippen LogP contribution in [0.2, 0.25) is 0 Å². The molecule has 9 heteroatoms. The molecule has 2 heterocycles. The van der Waals surface area contributed by atoms with E-state index in [-0.39, 0.29) is 18.6 Å². The second-order valence-corrected chi connectivity index (χ2v) is 4.00. The van der Waals surface area contributed by atoms with Crippen molar-refractivity contribution in [3.05, 3.63) is 18.5 Å². The summed E-state index contributed by atoms with van der Waals surface area (Å²) in [5.74, 6) is 6.32. The lowest BCUT2D eigenvalue weighted by molar-refractivity contribution is 0.269. The summed E-state index contributed by atoms with van der Waals surface area (Å²) < 4.78 is 1.50. The lowest BCUT2D eigenvalue weighted by atomic mass is 10.3. The molecule has 0 aromatic carbocycles. The molecule has 0 bridgehead atoms. The Kier molecular flexibility index (Phi) is 3.88. The molecule has 0 radical (unpaired) electrons.